The Morgan fingerprint density at radius 2 is 1.62 bits per heavy atom. The number of carbonyl (C=O) groups is 3. The molecule has 0 aliphatic carbocycles. The van der Waals surface area contributed by atoms with Gasteiger partial charge in [-0.2, -0.15) is 0 Å². The zero-order valence-electron chi connectivity index (χ0n) is 18.9. The van der Waals surface area contributed by atoms with Crippen molar-refractivity contribution in [2.24, 2.45) is 5.92 Å². The topological polar surface area (TPSA) is 84.9 Å². The molecular formula is C27H26N2O5. The van der Waals surface area contributed by atoms with Crippen LogP contribution in [-0.2, 0) is 25.5 Å². The average Bonchev–Trinajstić information content (AvgIpc) is 3.26. The second kappa shape index (κ2) is 10.7. The van der Waals surface area contributed by atoms with Crippen LogP contribution in [0.15, 0.2) is 78.9 Å². The molecule has 0 spiro atoms. The van der Waals surface area contributed by atoms with Crippen LogP contribution in [0.3, 0.4) is 0 Å². The van der Waals surface area contributed by atoms with E-state index >= 15 is 0 Å². The Morgan fingerprint density at radius 1 is 0.941 bits per heavy atom. The van der Waals surface area contributed by atoms with E-state index in [1.54, 1.807) is 29.2 Å². The third kappa shape index (κ3) is 5.81. The van der Waals surface area contributed by atoms with Crippen molar-refractivity contribution in [2.45, 2.75) is 19.8 Å². The third-order valence-electron chi connectivity index (χ3n) is 5.58. The fraction of sp³-hybridized carbons (Fsp3) is 0.222. The Morgan fingerprint density at radius 3 is 2.29 bits per heavy atom. The number of hydrogen-bond donors (Lipinski definition) is 1. The normalized spacial score (nSPS) is 15.1. The Kier molecular flexibility index (Phi) is 7.22. The largest absolute Gasteiger partial charge is 0.457 e. The fourth-order valence-electron chi connectivity index (χ4n) is 3.71. The number of anilines is 2. The van der Waals surface area contributed by atoms with Crippen LogP contribution in [0.2, 0.25) is 0 Å². The summed E-state index contributed by atoms with van der Waals surface area (Å²) in [5, 5.41) is 2.68. The number of hydrogen-bond acceptors (Lipinski definition) is 5. The molecule has 0 saturated carbocycles. The number of amides is 2. The van der Waals surface area contributed by atoms with E-state index in [0.29, 0.717) is 17.2 Å². The van der Waals surface area contributed by atoms with Gasteiger partial charge in [0.15, 0.2) is 6.61 Å². The van der Waals surface area contributed by atoms with Gasteiger partial charge in [-0.25, -0.2) is 0 Å². The molecule has 0 unspecified atom stereocenters. The number of ether oxygens (including phenoxy) is 2. The van der Waals surface area contributed by atoms with Crippen LogP contribution in [0.5, 0.6) is 11.5 Å². The maximum absolute atomic E-state index is 12.4. The van der Waals surface area contributed by atoms with E-state index in [-0.39, 0.29) is 18.9 Å². The van der Waals surface area contributed by atoms with Crippen LogP contribution in [0.25, 0.3) is 0 Å². The number of nitrogens with one attached hydrogen (secondary N) is 1. The summed E-state index contributed by atoms with van der Waals surface area (Å²) >= 11 is 0. The molecule has 3 aromatic rings. The van der Waals surface area contributed by atoms with E-state index in [1.165, 1.54) is 5.56 Å². The Balaban J connectivity index is 1.24. The summed E-state index contributed by atoms with van der Waals surface area (Å²) in [6.45, 7) is 1.89. The predicted molar refractivity (Wildman–Crippen MR) is 129 cm³/mol. The SMILES string of the molecule is CCc1ccc(N2C[C@@H](C(=O)OCC(=O)Nc3ccc(Oc4ccccc4)cc3)CC2=O)cc1. The van der Waals surface area contributed by atoms with E-state index in [0.717, 1.165) is 12.1 Å². The number of aryl methyl sites for hydroxylation is 1. The summed E-state index contributed by atoms with van der Waals surface area (Å²) in [5.41, 5.74) is 2.49. The highest BCUT2D eigenvalue weighted by atomic mass is 16.5. The second-order valence-electron chi connectivity index (χ2n) is 8.02. The quantitative estimate of drug-likeness (QED) is 0.500. The van der Waals surface area contributed by atoms with Crippen LogP contribution in [-0.4, -0.2) is 30.9 Å². The first-order valence-corrected chi connectivity index (χ1v) is 11.2. The summed E-state index contributed by atoms with van der Waals surface area (Å²) in [4.78, 5) is 38.6. The van der Waals surface area contributed by atoms with Gasteiger partial charge in [-0.1, -0.05) is 37.3 Å². The summed E-state index contributed by atoms with van der Waals surface area (Å²) in [6.07, 6.45) is 0.982. The summed E-state index contributed by atoms with van der Waals surface area (Å²) in [6, 6.07) is 24.0. The molecular weight excluding hydrogens is 432 g/mol. The summed E-state index contributed by atoms with van der Waals surface area (Å²) in [5.74, 6) is -0.387. The van der Waals surface area contributed by atoms with Crippen molar-refractivity contribution in [1.82, 2.24) is 0 Å². The molecule has 1 aliphatic rings. The molecule has 1 heterocycles. The van der Waals surface area contributed by atoms with Gasteiger partial charge in [0.05, 0.1) is 5.92 Å². The molecule has 3 aromatic carbocycles. The first-order chi connectivity index (χ1) is 16.5. The fourth-order valence-corrected chi connectivity index (χ4v) is 3.71. The van der Waals surface area contributed by atoms with Crippen molar-refractivity contribution in [3.63, 3.8) is 0 Å². The zero-order chi connectivity index (χ0) is 23.9. The monoisotopic (exact) mass is 458 g/mol. The number of esters is 1. The average molecular weight is 459 g/mol. The molecule has 0 bridgehead atoms. The summed E-state index contributed by atoms with van der Waals surface area (Å²) in [7, 11) is 0. The molecule has 7 nitrogen and oxygen atoms in total. The molecule has 4 rings (SSSR count). The maximum Gasteiger partial charge on any atom is 0.311 e. The minimum Gasteiger partial charge on any atom is -0.457 e. The van der Waals surface area contributed by atoms with Crippen LogP contribution in [0.4, 0.5) is 11.4 Å². The van der Waals surface area contributed by atoms with E-state index in [9.17, 15) is 14.4 Å². The highest BCUT2D eigenvalue weighted by Gasteiger charge is 2.36. The molecule has 7 heteroatoms. The molecule has 1 saturated heterocycles. The van der Waals surface area contributed by atoms with Crippen molar-refractivity contribution in [3.05, 3.63) is 84.4 Å². The van der Waals surface area contributed by atoms with E-state index < -0.39 is 24.4 Å². The minimum absolute atomic E-state index is 0.0683. The van der Waals surface area contributed by atoms with E-state index in [2.05, 4.69) is 12.2 Å². The number of rotatable bonds is 8. The molecule has 2 amide bonds. The smallest absolute Gasteiger partial charge is 0.311 e. The molecule has 174 valence electrons. The zero-order valence-corrected chi connectivity index (χ0v) is 18.9. The van der Waals surface area contributed by atoms with Crippen LogP contribution < -0.4 is 15.0 Å². The highest BCUT2D eigenvalue weighted by molar-refractivity contribution is 6.00. The van der Waals surface area contributed by atoms with Gasteiger partial charge in [-0.05, 0) is 60.5 Å². The maximum atomic E-state index is 12.4. The van der Waals surface area contributed by atoms with Gasteiger partial charge in [0.1, 0.15) is 11.5 Å². The first-order valence-electron chi connectivity index (χ1n) is 11.2. The predicted octanol–water partition coefficient (Wildman–Crippen LogP) is 4.58. The number of nitrogens with zero attached hydrogens (tertiary/aromatic N) is 1. The van der Waals surface area contributed by atoms with E-state index in [4.69, 9.17) is 9.47 Å². The summed E-state index contributed by atoms with van der Waals surface area (Å²) < 4.78 is 10.9. The van der Waals surface area contributed by atoms with Crippen molar-refractivity contribution < 1.29 is 23.9 Å². The van der Waals surface area contributed by atoms with Crippen molar-refractivity contribution >= 4 is 29.2 Å². The van der Waals surface area contributed by atoms with Gasteiger partial charge in [0.25, 0.3) is 5.91 Å². The number of para-hydroxylation sites is 1. The third-order valence-corrected chi connectivity index (χ3v) is 5.58. The van der Waals surface area contributed by atoms with Crippen molar-refractivity contribution in [3.8, 4) is 11.5 Å². The van der Waals surface area contributed by atoms with Gasteiger partial charge in [-0.15, -0.1) is 0 Å². The molecule has 0 radical (unpaired) electrons. The van der Waals surface area contributed by atoms with Crippen molar-refractivity contribution in [2.75, 3.05) is 23.4 Å². The standard InChI is InChI=1S/C27H26N2O5/c1-2-19-8-12-22(13-9-19)29-17-20(16-26(29)31)27(32)33-18-25(30)28-21-10-14-24(15-11-21)34-23-6-4-3-5-7-23/h3-15,20H,2,16-18H2,1H3,(H,28,30)/t20-/m0/s1. The van der Waals surface area contributed by atoms with Gasteiger partial charge < -0.3 is 19.7 Å². The lowest BCUT2D eigenvalue weighted by Crippen LogP contribution is -2.28. The Hall–Kier alpha value is -4.13. The molecule has 1 N–H and O–H groups in total. The Bertz CT molecular complexity index is 1140. The number of carbonyl (C=O) groups excluding carboxylic acids is 3. The van der Waals surface area contributed by atoms with Crippen molar-refractivity contribution in [1.29, 1.82) is 0 Å². The second-order valence-corrected chi connectivity index (χ2v) is 8.02. The lowest BCUT2D eigenvalue weighted by atomic mass is 10.1. The van der Waals surface area contributed by atoms with Crippen LogP contribution >= 0.6 is 0 Å². The van der Waals surface area contributed by atoms with Gasteiger partial charge in [0, 0.05) is 24.3 Å². The highest BCUT2D eigenvalue weighted by Crippen LogP contribution is 2.26. The molecule has 1 fully saturated rings. The van der Waals surface area contributed by atoms with Gasteiger partial charge >= 0.3 is 5.97 Å². The Labute approximate surface area is 198 Å². The molecule has 0 aromatic heterocycles. The van der Waals surface area contributed by atoms with Gasteiger partial charge in [0.2, 0.25) is 5.91 Å². The van der Waals surface area contributed by atoms with Crippen LogP contribution in [0.1, 0.15) is 18.9 Å². The first kappa shape index (κ1) is 23.0. The molecule has 1 atom stereocenters. The molecule has 1 aliphatic heterocycles. The van der Waals surface area contributed by atoms with Gasteiger partial charge in [-0.3, -0.25) is 14.4 Å². The number of benzene rings is 3. The minimum atomic E-state index is -0.597. The molecule has 34 heavy (non-hydrogen) atoms. The van der Waals surface area contributed by atoms with Crippen LogP contribution in [0, 0.1) is 5.92 Å². The lowest BCUT2D eigenvalue weighted by Gasteiger charge is -2.17. The lowest BCUT2D eigenvalue weighted by molar-refractivity contribution is -0.151. The van der Waals surface area contributed by atoms with E-state index in [1.807, 2.05) is 54.6 Å².